The second kappa shape index (κ2) is 6.17. The number of hydrogen-bond donors (Lipinski definition) is 2. The molecule has 1 amide bonds. The van der Waals surface area contributed by atoms with Gasteiger partial charge in [0.2, 0.25) is 5.91 Å². The van der Waals surface area contributed by atoms with Gasteiger partial charge in [-0.2, -0.15) is 0 Å². The molecule has 1 aromatic heterocycles. The largest absolute Gasteiger partial charge is 0.356 e. The highest BCUT2D eigenvalue weighted by molar-refractivity contribution is 7.11. The van der Waals surface area contributed by atoms with Gasteiger partial charge in [0, 0.05) is 35.3 Å². The van der Waals surface area contributed by atoms with Gasteiger partial charge in [-0.3, -0.25) is 4.79 Å². The summed E-state index contributed by atoms with van der Waals surface area (Å²) in [6.45, 7) is 3.90. The number of nitrogens with one attached hydrogen (secondary N) is 2. The van der Waals surface area contributed by atoms with Crippen LogP contribution in [0.15, 0.2) is 12.1 Å². The van der Waals surface area contributed by atoms with Crippen molar-refractivity contribution in [2.75, 3.05) is 6.54 Å². The van der Waals surface area contributed by atoms with Crippen LogP contribution >= 0.6 is 11.3 Å². The molecule has 0 spiro atoms. The number of carbonyl (C=O) groups excluding carboxylic acids is 1. The first-order valence-corrected chi connectivity index (χ1v) is 7.17. The van der Waals surface area contributed by atoms with Crippen LogP contribution in [0.4, 0.5) is 0 Å². The maximum atomic E-state index is 11.4. The molecule has 0 bridgehead atoms. The molecule has 0 radical (unpaired) electrons. The molecule has 0 aliphatic carbocycles. The van der Waals surface area contributed by atoms with Crippen LogP contribution in [-0.4, -0.2) is 18.5 Å². The van der Waals surface area contributed by atoms with E-state index < -0.39 is 0 Å². The molecule has 2 N–H and O–H groups in total. The molecular formula is C13H20N2OS. The molecule has 1 atom stereocenters. The molecule has 1 fully saturated rings. The van der Waals surface area contributed by atoms with Gasteiger partial charge in [-0.05, 0) is 31.4 Å². The molecule has 2 rings (SSSR count). The minimum atomic E-state index is 0.181. The van der Waals surface area contributed by atoms with Gasteiger partial charge in [-0.25, -0.2) is 0 Å². The van der Waals surface area contributed by atoms with E-state index in [1.165, 1.54) is 9.75 Å². The Morgan fingerprint density at radius 3 is 3.06 bits per heavy atom. The van der Waals surface area contributed by atoms with Crippen molar-refractivity contribution in [1.29, 1.82) is 0 Å². The summed E-state index contributed by atoms with van der Waals surface area (Å²) in [5.41, 5.74) is 0. The number of rotatable bonds is 4. The van der Waals surface area contributed by atoms with Crippen LogP contribution in [0.25, 0.3) is 0 Å². The highest BCUT2D eigenvalue weighted by Gasteiger charge is 2.16. The smallest absolute Gasteiger partial charge is 0.221 e. The summed E-state index contributed by atoms with van der Waals surface area (Å²) in [4.78, 5) is 14.2. The summed E-state index contributed by atoms with van der Waals surface area (Å²) >= 11 is 1.86. The zero-order chi connectivity index (χ0) is 12.1. The van der Waals surface area contributed by atoms with Crippen molar-refractivity contribution in [2.45, 2.75) is 45.2 Å². The summed E-state index contributed by atoms with van der Waals surface area (Å²) in [5.74, 6) is 0.181. The van der Waals surface area contributed by atoms with Gasteiger partial charge in [0.15, 0.2) is 0 Å². The van der Waals surface area contributed by atoms with E-state index in [9.17, 15) is 4.79 Å². The van der Waals surface area contributed by atoms with E-state index in [1.807, 2.05) is 11.3 Å². The number of thiophene rings is 1. The van der Waals surface area contributed by atoms with Crippen LogP contribution in [0, 0.1) is 0 Å². The predicted molar refractivity (Wildman–Crippen MR) is 71.2 cm³/mol. The lowest BCUT2D eigenvalue weighted by Crippen LogP contribution is -2.31. The van der Waals surface area contributed by atoms with E-state index >= 15 is 0 Å². The normalized spacial score (nSPS) is 21.0. The van der Waals surface area contributed by atoms with Crippen molar-refractivity contribution in [3.05, 3.63) is 21.9 Å². The Labute approximate surface area is 107 Å². The highest BCUT2D eigenvalue weighted by atomic mass is 32.1. The van der Waals surface area contributed by atoms with Crippen molar-refractivity contribution >= 4 is 17.2 Å². The van der Waals surface area contributed by atoms with Crippen LogP contribution in [0.1, 0.15) is 35.9 Å². The van der Waals surface area contributed by atoms with Gasteiger partial charge in [-0.15, -0.1) is 11.3 Å². The quantitative estimate of drug-likeness (QED) is 0.861. The number of hydrogen-bond acceptors (Lipinski definition) is 3. The van der Waals surface area contributed by atoms with Crippen molar-refractivity contribution in [1.82, 2.24) is 10.6 Å². The third-order valence-electron chi connectivity index (χ3n) is 3.11. The molecule has 4 heteroatoms. The van der Waals surface area contributed by atoms with E-state index in [0.717, 1.165) is 32.4 Å². The standard InChI is InChI=1S/C13H20N2OS/c1-2-11-5-6-12(17-11)9-15-10-4-3-7-14-13(16)8-10/h5-6,10,15H,2-4,7-9H2,1H3,(H,14,16). The van der Waals surface area contributed by atoms with Crippen LogP contribution < -0.4 is 10.6 Å². The molecule has 1 aliphatic heterocycles. The van der Waals surface area contributed by atoms with E-state index in [-0.39, 0.29) is 5.91 Å². The SMILES string of the molecule is CCc1ccc(CNC2CCCNC(=O)C2)s1. The molecule has 3 nitrogen and oxygen atoms in total. The summed E-state index contributed by atoms with van der Waals surface area (Å²) < 4.78 is 0. The van der Waals surface area contributed by atoms with Gasteiger partial charge in [-0.1, -0.05) is 6.92 Å². The zero-order valence-corrected chi connectivity index (χ0v) is 11.1. The van der Waals surface area contributed by atoms with Gasteiger partial charge in [0.05, 0.1) is 0 Å². The second-order valence-corrected chi connectivity index (χ2v) is 5.75. The van der Waals surface area contributed by atoms with Gasteiger partial charge < -0.3 is 10.6 Å². The van der Waals surface area contributed by atoms with Crippen LogP contribution in [-0.2, 0) is 17.8 Å². The van der Waals surface area contributed by atoms with Crippen LogP contribution in [0.5, 0.6) is 0 Å². The van der Waals surface area contributed by atoms with E-state index in [4.69, 9.17) is 0 Å². The number of amides is 1. The van der Waals surface area contributed by atoms with Crippen molar-refractivity contribution in [3.8, 4) is 0 Å². The molecule has 1 aromatic rings. The fourth-order valence-corrected chi connectivity index (χ4v) is 3.01. The Kier molecular flexibility index (Phi) is 4.57. The molecule has 17 heavy (non-hydrogen) atoms. The fraction of sp³-hybridized carbons (Fsp3) is 0.615. The lowest BCUT2D eigenvalue weighted by atomic mass is 10.1. The molecular weight excluding hydrogens is 232 g/mol. The Hall–Kier alpha value is -0.870. The van der Waals surface area contributed by atoms with E-state index in [1.54, 1.807) is 0 Å². The Bertz CT molecular complexity index is 375. The Morgan fingerprint density at radius 1 is 1.47 bits per heavy atom. The van der Waals surface area contributed by atoms with Gasteiger partial charge in [0.1, 0.15) is 0 Å². The minimum absolute atomic E-state index is 0.181. The lowest BCUT2D eigenvalue weighted by molar-refractivity contribution is -0.121. The molecule has 1 saturated heterocycles. The second-order valence-electron chi connectivity index (χ2n) is 4.50. The summed E-state index contributed by atoms with van der Waals surface area (Å²) in [6.07, 6.45) is 3.89. The van der Waals surface area contributed by atoms with Gasteiger partial charge in [0.25, 0.3) is 0 Å². The Balaban J connectivity index is 1.82. The highest BCUT2D eigenvalue weighted by Crippen LogP contribution is 2.17. The third-order valence-corrected chi connectivity index (χ3v) is 4.34. The molecule has 94 valence electrons. The minimum Gasteiger partial charge on any atom is -0.356 e. The van der Waals surface area contributed by atoms with Gasteiger partial charge >= 0.3 is 0 Å². The average molecular weight is 252 g/mol. The van der Waals surface area contributed by atoms with E-state index in [0.29, 0.717) is 12.5 Å². The van der Waals surface area contributed by atoms with Crippen molar-refractivity contribution in [3.63, 3.8) is 0 Å². The lowest BCUT2D eigenvalue weighted by Gasteiger charge is -2.14. The summed E-state index contributed by atoms with van der Waals surface area (Å²) in [7, 11) is 0. The fourth-order valence-electron chi connectivity index (χ4n) is 2.10. The molecule has 2 heterocycles. The predicted octanol–water partition coefficient (Wildman–Crippen LogP) is 2.07. The topological polar surface area (TPSA) is 41.1 Å². The maximum Gasteiger partial charge on any atom is 0.221 e. The van der Waals surface area contributed by atoms with Crippen molar-refractivity contribution < 1.29 is 4.79 Å². The molecule has 0 aromatic carbocycles. The summed E-state index contributed by atoms with van der Waals surface area (Å²) in [6, 6.07) is 4.72. The summed E-state index contributed by atoms with van der Waals surface area (Å²) in [5, 5.41) is 6.40. The number of aryl methyl sites for hydroxylation is 1. The van der Waals surface area contributed by atoms with Crippen LogP contribution in [0.2, 0.25) is 0 Å². The molecule has 0 saturated carbocycles. The van der Waals surface area contributed by atoms with Crippen LogP contribution in [0.3, 0.4) is 0 Å². The third kappa shape index (κ3) is 3.82. The van der Waals surface area contributed by atoms with Crippen molar-refractivity contribution in [2.24, 2.45) is 0 Å². The maximum absolute atomic E-state index is 11.4. The zero-order valence-electron chi connectivity index (χ0n) is 10.3. The first kappa shape index (κ1) is 12.6. The monoisotopic (exact) mass is 252 g/mol. The number of carbonyl (C=O) groups is 1. The molecule has 1 unspecified atom stereocenters. The molecule has 1 aliphatic rings. The van der Waals surface area contributed by atoms with E-state index in [2.05, 4.69) is 29.7 Å². The average Bonchev–Trinajstić information content (AvgIpc) is 2.69. The first-order valence-electron chi connectivity index (χ1n) is 6.35. The first-order chi connectivity index (χ1) is 8.28. The Morgan fingerprint density at radius 2 is 2.29 bits per heavy atom.